The minimum atomic E-state index is -0.727. The van der Waals surface area contributed by atoms with Crippen molar-refractivity contribution in [3.63, 3.8) is 0 Å². The highest BCUT2D eigenvalue weighted by Crippen LogP contribution is 2.35. The number of fused-ring (bicyclic) bond motifs is 1. The Morgan fingerprint density at radius 2 is 2.07 bits per heavy atom. The first-order chi connectivity index (χ1) is 14.0. The van der Waals surface area contributed by atoms with Crippen LogP contribution in [0.2, 0.25) is 10.0 Å². The van der Waals surface area contributed by atoms with Gasteiger partial charge in [0.2, 0.25) is 0 Å². The third kappa shape index (κ3) is 3.68. The van der Waals surface area contributed by atoms with E-state index in [2.05, 4.69) is 9.97 Å². The molecule has 0 aliphatic heterocycles. The Balaban J connectivity index is 1.71. The van der Waals surface area contributed by atoms with Gasteiger partial charge in [-0.15, -0.1) is 0 Å². The van der Waals surface area contributed by atoms with Gasteiger partial charge in [-0.1, -0.05) is 29.3 Å². The van der Waals surface area contributed by atoms with Gasteiger partial charge in [-0.2, -0.15) is 5.26 Å². The van der Waals surface area contributed by atoms with Crippen molar-refractivity contribution in [2.75, 3.05) is 0 Å². The third-order valence-electron chi connectivity index (χ3n) is 4.23. The number of aromatic nitrogens is 3. The fourth-order valence-corrected chi connectivity index (χ4v) is 3.27. The van der Waals surface area contributed by atoms with Crippen molar-refractivity contribution < 1.29 is 9.13 Å². The van der Waals surface area contributed by atoms with Crippen molar-refractivity contribution in [1.82, 2.24) is 14.5 Å². The van der Waals surface area contributed by atoms with Crippen LogP contribution >= 0.6 is 23.2 Å². The first-order valence-electron chi connectivity index (χ1n) is 8.34. The van der Waals surface area contributed by atoms with E-state index in [-0.39, 0.29) is 44.8 Å². The summed E-state index contributed by atoms with van der Waals surface area (Å²) in [4.78, 5) is 19.5. The molecule has 144 valence electrons. The van der Waals surface area contributed by atoms with Gasteiger partial charge in [0.25, 0.3) is 5.56 Å². The zero-order valence-corrected chi connectivity index (χ0v) is 16.1. The van der Waals surface area contributed by atoms with Gasteiger partial charge in [0.05, 0.1) is 35.0 Å². The zero-order chi connectivity index (χ0) is 20.5. The van der Waals surface area contributed by atoms with Crippen molar-refractivity contribution in [3.8, 4) is 17.6 Å². The molecular formula is C20H11Cl2FN4O2. The quantitative estimate of drug-likeness (QED) is 0.501. The zero-order valence-electron chi connectivity index (χ0n) is 14.6. The number of aromatic amines is 1. The Morgan fingerprint density at radius 1 is 1.24 bits per heavy atom. The molecular weight excluding hydrogens is 418 g/mol. The van der Waals surface area contributed by atoms with Crippen LogP contribution in [0.3, 0.4) is 0 Å². The van der Waals surface area contributed by atoms with Crippen LogP contribution in [0, 0.1) is 17.1 Å². The molecule has 4 aromatic rings. The van der Waals surface area contributed by atoms with E-state index >= 15 is 4.39 Å². The number of hydrogen-bond donors (Lipinski definition) is 1. The average Bonchev–Trinajstić information content (AvgIpc) is 3.18. The number of H-pyrrole nitrogens is 1. The summed E-state index contributed by atoms with van der Waals surface area (Å²) < 4.78 is 22.0. The largest absolute Gasteiger partial charge is 0.453 e. The number of benzene rings is 2. The van der Waals surface area contributed by atoms with Gasteiger partial charge in [0.15, 0.2) is 11.6 Å². The summed E-state index contributed by atoms with van der Waals surface area (Å²) in [5.41, 5.74) is 0.978. The average molecular weight is 429 g/mol. The van der Waals surface area contributed by atoms with Crippen molar-refractivity contribution in [2.24, 2.45) is 0 Å². The van der Waals surface area contributed by atoms with E-state index in [0.717, 1.165) is 0 Å². The first-order valence-corrected chi connectivity index (χ1v) is 9.10. The van der Waals surface area contributed by atoms with Gasteiger partial charge < -0.3 is 9.72 Å². The van der Waals surface area contributed by atoms with E-state index in [4.69, 9.17) is 33.2 Å². The SMILES string of the molecule is N#Cc1cc(Cl)cc(Oc2c(Cl)ccc(Cn3cnc4cc[nH]c4c3=O)c2F)c1. The summed E-state index contributed by atoms with van der Waals surface area (Å²) in [7, 11) is 0. The van der Waals surface area contributed by atoms with Crippen molar-refractivity contribution in [1.29, 1.82) is 5.26 Å². The standard InChI is InChI=1S/C20H11Cl2FN4O2/c21-13-5-11(8-24)6-14(7-13)29-19-15(22)2-1-12(17(19)23)9-27-10-26-16-3-4-25-18(16)20(27)28/h1-7,10,25H,9H2. The molecule has 0 fully saturated rings. The lowest BCUT2D eigenvalue weighted by Crippen LogP contribution is -2.21. The van der Waals surface area contributed by atoms with Crippen LogP contribution in [0.4, 0.5) is 4.39 Å². The van der Waals surface area contributed by atoms with Gasteiger partial charge in [-0.05, 0) is 30.3 Å². The van der Waals surface area contributed by atoms with E-state index < -0.39 is 5.82 Å². The molecule has 29 heavy (non-hydrogen) atoms. The fraction of sp³-hybridized carbons (Fsp3) is 0.0500. The second-order valence-electron chi connectivity index (χ2n) is 6.15. The molecule has 6 nitrogen and oxygen atoms in total. The highest BCUT2D eigenvalue weighted by atomic mass is 35.5. The number of halogens is 3. The second kappa shape index (κ2) is 7.59. The third-order valence-corrected chi connectivity index (χ3v) is 4.74. The summed E-state index contributed by atoms with van der Waals surface area (Å²) in [6.07, 6.45) is 2.96. The van der Waals surface area contributed by atoms with Gasteiger partial charge in [0.1, 0.15) is 11.3 Å². The predicted molar refractivity (Wildman–Crippen MR) is 107 cm³/mol. The summed E-state index contributed by atoms with van der Waals surface area (Å²) in [5, 5.41) is 9.35. The predicted octanol–water partition coefficient (Wildman–Crippen LogP) is 4.88. The molecule has 1 N–H and O–H groups in total. The molecule has 0 unspecified atom stereocenters. The molecule has 0 amide bonds. The number of nitrogens with one attached hydrogen (secondary N) is 1. The first kappa shape index (κ1) is 19.0. The second-order valence-corrected chi connectivity index (χ2v) is 7.00. The lowest BCUT2D eigenvalue weighted by Gasteiger charge is -2.13. The molecule has 0 radical (unpaired) electrons. The Bertz CT molecular complexity index is 1340. The van der Waals surface area contributed by atoms with Crippen LogP contribution in [0.1, 0.15) is 11.1 Å². The van der Waals surface area contributed by atoms with E-state index in [0.29, 0.717) is 11.0 Å². The van der Waals surface area contributed by atoms with Gasteiger partial charge in [-0.3, -0.25) is 9.36 Å². The highest BCUT2D eigenvalue weighted by molar-refractivity contribution is 6.32. The normalized spacial score (nSPS) is 10.8. The monoisotopic (exact) mass is 428 g/mol. The molecule has 0 bridgehead atoms. The highest BCUT2D eigenvalue weighted by Gasteiger charge is 2.17. The van der Waals surface area contributed by atoms with Crippen LogP contribution in [0.5, 0.6) is 11.5 Å². The van der Waals surface area contributed by atoms with E-state index in [1.807, 2.05) is 6.07 Å². The van der Waals surface area contributed by atoms with Crippen LogP contribution in [0.15, 0.2) is 53.7 Å². The minimum absolute atomic E-state index is 0.0371. The molecule has 2 aromatic heterocycles. The molecule has 4 rings (SSSR count). The molecule has 2 heterocycles. The minimum Gasteiger partial charge on any atom is -0.453 e. The number of rotatable bonds is 4. The Morgan fingerprint density at radius 3 is 2.86 bits per heavy atom. The van der Waals surface area contributed by atoms with E-state index in [9.17, 15) is 4.79 Å². The number of nitrogens with zero attached hydrogens (tertiary/aromatic N) is 3. The Labute approximate surface area is 173 Å². The van der Waals surface area contributed by atoms with Gasteiger partial charge >= 0.3 is 0 Å². The maximum Gasteiger partial charge on any atom is 0.277 e. The molecule has 0 saturated heterocycles. The van der Waals surface area contributed by atoms with Gasteiger partial charge in [0, 0.05) is 16.8 Å². The van der Waals surface area contributed by atoms with Crippen LogP contribution in [-0.4, -0.2) is 14.5 Å². The summed E-state index contributed by atoms with van der Waals surface area (Å²) >= 11 is 12.1. The van der Waals surface area contributed by atoms with Gasteiger partial charge in [-0.25, -0.2) is 9.37 Å². The maximum absolute atomic E-state index is 15.1. The topological polar surface area (TPSA) is 83.7 Å². The molecule has 0 spiro atoms. The molecule has 2 aromatic carbocycles. The molecule has 9 heteroatoms. The Kier molecular flexibility index (Phi) is 4.97. The molecule has 0 atom stereocenters. The van der Waals surface area contributed by atoms with Crippen LogP contribution < -0.4 is 10.3 Å². The number of ether oxygens (including phenoxy) is 1. The fourth-order valence-electron chi connectivity index (χ4n) is 2.86. The van der Waals surface area contributed by atoms with Crippen molar-refractivity contribution in [2.45, 2.75) is 6.54 Å². The molecule has 0 aliphatic carbocycles. The summed E-state index contributed by atoms with van der Waals surface area (Å²) in [6.45, 7) is -0.0703. The summed E-state index contributed by atoms with van der Waals surface area (Å²) in [6, 6.07) is 10.9. The molecule has 0 saturated carbocycles. The lowest BCUT2D eigenvalue weighted by molar-refractivity contribution is 0.437. The van der Waals surface area contributed by atoms with Crippen LogP contribution in [-0.2, 0) is 6.54 Å². The molecule has 0 aliphatic rings. The number of hydrogen-bond acceptors (Lipinski definition) is 4. The maximum atomic E-state index is 15.1. The van der Waals surface area contributed by atoms with Crippen molar-refractivity contribution >= 4 is 34.2 Å². The van der Waals surface area contributed by atoms with Crippen LogP contribution in [0.25, 0.3) is 11.0 Å². The Hall–Kier alpha value is -3.34. The smallest absolute Gasteiger partial charge is 0.277 e. The number of nitriles is 1. The van der Waals surface area contributed by atoms with E-state index in [1.54, 1.807) is 12.3 Å². The van der Waals surface area contributed by atoms with E-state index in [1.165, 1.54) is 41.2 Å². The summed E-state index contributed by atoms with van der Waals surface area (Å²) in [5.74, 6) is -0.787. The lowest BCUT2D eigenvalue weighted by atomic mass is 10.2. The van der Waals surface area contributed by atoms with Crippen molar-refractivity contribution in [3.05, 3.63) is 86.3 Å².